The molecule has 12 heteroatoms. The molecule has 6 rings (SSSR count). The van der Waals surface area contributed by atoms with Crippen molar-refractivity contribution in [3.05, 3.63) is 52.2 Å². The van der Waals surface area contributed by atoms with Crippen LogP contribution in [0.2, 0.25) is 0 Å². The average molecular weight is 550 g/mol. The Labute approximate surface area is 220 Å². The van der Waals surface area contributed by atoms with Gasteiger partial charge in [0.1, 0.15) is 16.3 Å². The van der Waals surface area contributed by atoms with Crippen LogP contribution in [0, 0.1) is 0 Å². The van der Waals surface area contributed by atoms with Gasteiger partial charge in [0.05, 0.1) is 36.7 Å². The van der Waals surface area contributed by atoms with E-state index in [1.807, 2.05) is 0 Å². The van der Waals surface area contributed by atoms with E-state index >= 15 is 0 Å². The van der Waals surface area contributed by atoms with E-state index in [1.54, 1.807) is 6.07 Å². The molecule has 3 aliphatic rings. The van der Waals surface area contributed by atoms with Gasteiger partial charge in [-0.1, -0.05) is 34.7 Å². The van der Waals surface area contributed by atoms with E-state index in [1.165, 1.54) is 18.3 Å². The summed E-state index contributed by atoms with van der Waals surface area (Å²) in [4.78, 5) is 17.7. The normalized spacial score (nSPS) is 21.3. The predicted octanol–water partition coefficient (Wildman–Crippen LogP) is 5.74. The van der Waals surface area contributed by atoms with Crippen LogP contribution in [-0.2, 0) is 22.3 Å². The molecule has 4 heterocycles. The number of ether oxygens (including phenoxy) is 2. The maximum atomic E-state index is 13.7. The van der Waals surface area contributed by atoms with E-state index in [0.29, 0.717) is 42.6 Å². The standard InChI is InChI=1S/C26H26F3N3O5S/c27-26(28,29)19-4-2-1-3-17(19)21-18(22(37-31-21)15-5-6-15)14-35-16-11-25(36-13-16)7-9-32(10-8-25)24-30-12-20(38-24)23(33)34/h1-4,12,15-16H,5-11,13-14H2,(H,33,34). The minimum Gasteiger partial charge on any atom is -0.477 e. The second-order valence-electron chi connectivity index (χ2n) is 10.1. The Balaban J connectivity index is 1.13. The largest absolute Gasteiger partial charge is 0.477 e. The molecule has 1 aliphatic carbocycles. The molecule has 1 spiro atoms. The fourth-order valence-electron chi connectivity index (χ4n) is 5.35. The lowest BCUT2D eigenvalue weighted by molar-refractivity contribution is -0.137. The number of benzene rings is 1. The number of anilines is 1. The number of carboxylic acid groups (broad SMARTS) is 1. The van der Waals surface area contributed by atoms with Gasteiger partial charge >= 0.3 is 12.1 Å². The third kappa shape index (κ3) is 4.92. The number of thiazole rings is 1. The number of rotatable bonds is 7. The van der Waals surface area contributed by atoms with E-state index in [4.69, 9.17) is 19.1 Å². The van der Waals surface area contributed by atoms with Crippen LogP contribution < -0.4 is 4.90 Å². The van der Waals surface area contributed by atoms with Gasteiger partial charge in [0, 0.05) is 36.6 Å². The zero-order chi connectivity index (χ0) is 26.5. The van der Waals surface area contributed by atoms with E-state index in [9.17, 15) is 18.0 Å². The third-order valence-corrected chi connectivity index (χ3v) is 8.59. The van der Waals surface area contributed by atoms with E-state index in [2.05, 4.69) is 15.0 Å². The van der Waals surface area contributed by atoms with E-state index in [0.717, 1.165) is 43.1 Å². The second-order valence-corrected chi connectivity index (χ2v) is 11.1. The lowest BCUT2D eigenvalue weighted by Gasteiger charge is -2.38. The van der Waals surface area contributed by atoms with Crippen LogP contribution in [0.15, 0.2) is 35.0 Å². The Hall–Kier alpha value is -2.96. The van der Waals surface area contributed by atoms with Crippen molar-refractivity contribution >= 4 is 22.4 Å². The summed E-state index contributed by atoms with van der Waals surface area (Å²) in [6.45, 7) is 1.88. The summed E-state index contributed by atoms with van der Waals surface area (Å²) in [6.07, 6.45) is 0.681. The molecule has 0 radical (unpaired) electrons. The molecule has 3 fully saturated rings. The number of aromatic carboxylic acids is 1. The zero-order valence-corrected chi connectivity index (χ0v) is 21.2. The number of carbonyl (C=O) groups is 1. The van der Waals surface area contributed by atoms with Gasteiger partial charge in [0.15, 0.2) is 5.13 Å². The van der Waals surface area contributed by atoms with Crippen molar-refractivity contribution in [3.63, 3.8) is 0 Å². The molecule has 3 aromatic rings. The molecular weight excluding hydrogens is 523 g/mol. The smallest absolute Gasteiger partial charge is 0.417 e. The van der Waals surface area contributed by atoms with Crippen molar-refractivity contribution < 1.29 is 37.1 Å². The van der Waals surface area contributed by atoms with Gasteiger partial charge in [-0.2, -0.15) is 13.2 Å². The highest BCUT2D eigenvalue weighted by Gasteiger charge is 2.44. The molecule has 38 heavy (non-hydrogen) atoms. The maximum Gasteiger partial charge on any atom is 0.417 e. The third-order valence-electron chi connectivity index (χ3n) is 7.54. The summed E-state index contributed by atoms with van der Waals surface area (Å²) in [6, 6.07) is 5.41. The molecule has 202 valence electrons. The molecule has 1 atom stereocenters. The topological polar surface area (TPSA) is 97.9 Å². The SMILES string of the molecule is O=C(O)c1cnc(N2CCC3(CC2)CC(OCc2c(-c4ccccc4C(F)(F)F)noc2C2CC2)CO3)s1. The van der Waals surface area contributed by atoms with Crippen LogP contribution in [0.4, 0.5) is 18.3 Å². The minimum absolute atomic E-state index is 0.00555. The quantitative estimate of drug-likeness (QED) is 0.399. The summed E-state index contributed by atoms with van der Waals surface area (Å²) in [5.74, 6) is -0.206. The van der Waals surface area contributed by atoms with Gasteiger partial charge in [0.25, 0.3) is 0 Å². The van der Waals surface area contributed by atoms with Gasteiger partial charge in [-0.3, -0.25) is 0 Å². The fraction of sp³-hybridized carbons (Fsp3) is 0.500. The molecule has 2 aliphatic heterocycles. The second kappa shape index (κ2) is 9.65. The number of hydrogen-bond acceptors (Lipinski definition) is 8. The lowest BCUT2D eigenvalue weighted by atomic mass is 9.88. The van der Waals surface area contributed by atoms with Crippen molar-refractivity contribution in [2.75, 3.05) is 24.6 Å². The molecule has 2 saturated heterocycles. The highest BCUT2D eigenvalue weighted by Crippen LogP contribution is 2.46. The number of hydrogen-bond donors (Lipinski definition) is 1. The van der Waals surface area contributed by atoms with Crippen LogP contribution in [-0.4, -0.2) is 52.6 Å². The first-order valence-corrected chi connectivity index (χ1v) is 13.4. The van der Waals surface area contributed by atoms with E-state index < -0.39 is 17.7 Å². The number of carboxylic acids is 1. The lowest BCUT2D eigenvalue weighted by Crippen LogP contribution is -2.44. The Kier molecular flexibility index (Phi) is 6.43. The minimum atomic E-state index is -4.51. The highest BCUT2D eigenvalue weighted by atomic mass is 32.1. The number of alkyl halides is 3. The summed E-state index contributed by atoms with van der Waals surface area (Å²) >= 11 is 1.16. The van der Waals surface area contributed by atoms with Gasteiger partial charge in [-0.05, 0) is 31.7 Å². The van der Waals surface area contributed by atoms with Crippen LogP contribution in [0.1, 0.15) is 64.6 Å². The molecule has 1 aromatic carbocycles. The Morgan fingerprint density at radius 1 is 1.24 bits per heavy atom. The molecule has 1 saturated carbocycles. The monoisotopic (exact) mass is 549 g/mol. The van der Waals surface area contributed by atoms with Gasteiger partial charge in [-0.25, -0.2) is 9.78 Å². The van der Waals surface area contributed by atoms with Crippen LogP contribution in [0.25, 0.3) is 11.3 Å². The summed E-state index contributed by atoms with van der Waals surface area (Å²) in [5.41, 5.74) is -0.325. The summed E-state index contributed by atoms with van der Waals surface area (Å²) in [7, 11) is 0. The Bertz CT molecular complexity index is 1330. The molecule has 0 amide bonds. The Morgan fingerprint density at radius 3 is 2.68 bits per heavy atom. The Morgan fingerprint density at radius 2 is 2.00 bits per heavy atom. The predicted molar refractivity (Wildman–Crippen MR) is 131 cm³/mol. The zero-order valence-electron chi connectivity index (χ0n) is 20.4. The summed E-state index contributed by atoms with van der Waals surface area (Å²) < 4.78 is 59.1. The fourth-order valence-corrected chi connectivity index (χ4v) is 6.16. The van der Waals surface area contributed by atoms with Gasteiger partial charge < -0.3 is 24.0 Å². The summed E-state index contributed by atoms with van der Waals surface area (Å²) in [5, 5.41) is 13.9. The van der Waals surface area contributed by atoms with E-state index in [-0.39, 0.29) is 40.4 Å². The molecular formula is C26H26F3N3O5S. The van der Waals surface area contributed by atoms with Gasteiger partial charge in [-0.15, -0.1) is 0 Å². The molecule has 1 unspecified atom stereocenters. The first-order valence-electron chi connectivity index (χ1n) is 12.6. The number of piperidine rings is 1. The molecule has 0 bridgehead atoms. The molecule has 1 N–H and O–H groups in total. The first kappa shape index (κ1) is 25.3. The average Bonchev–Trinajstić information content (AvgIpc) is 3.28. The number of aromatic nitrogens is 2. The van der Waals surface area contributed by atoms with Crippen LogP contribution >= 0.6 is 11.3 Å². The maximum absolute atomic E-state index is 13.7. The van der Waals surface area contributed by atoms with Crippen molar-refractivity contribution in [3.8, 4) is 11.3 Å². The molecule has 2 aromatic heterocycles. The number of nitrogens with zero attached hydrogens (tertiary/aromatic N) is 3. The van der Waals surface area contributed by atoms with Crippen molar-refractivity contribution in [1.29, 1.82) is 0 Å². The van der Waals surface area contributed by atoms with Crippen molar-refractivity contribution in [2.45, 2.75) is 62.5 Å². The first-order chi connectivity index (χ1) is 18.2. The van der Waals surface area contributed by atoms with Crippen LogP contribution in [0.3, 0.4) is 0 Å². The highest BCUT2D eigenvalue weighted by molar-refractivity contribution is 7.17. The van der Waals surface area contributed by atoms with Crippen molar-refractivity contribution in [2.24, 2.45) is 0 Å². The molecule has 8 nitrogen and oxygen atoms in total. The van der Waals surface area contributed by atoms with Crippen LogP contribution in [0.5, 0.6) is 0 Å². The number of halogens is 3. The van der Waals surface area contributed by atoms with Gasteiger partial charge in [0.2, 0.25) is 0 Å². The van der Waals surface area contributed by atoms with Crippen molar-refractivity contribution in [1.82, 2.24) is 10.1 Å².